The van der Waals surface area contributed by atoms with Gasteiger partial charge in [-0.15, -0.1) is 24.0 Å². The van der Waals surface area contributed by atoms with Gasteiger partial charge in [0.15, 0.2) is 5.96 Å². The maximum absolute atomic E-state index is 5.52. The first kappa shape index (κ1) is 26.7. The van der Waals surface area contributed by atoms with E-state index in [0.29, 0.717) is 6.04 Å². The fourth-order valence-corrected chi connectivity index (χ4v) is 5.09. The first-order valence-corrected chi connectivity index (χ1v) is 12.7. The summed E-state index contributed by atoms with van der Waals surface area (Å²) < 4.78 is 5.52. The fraction of sp³-hybridized carbons (Fsp3) is 0.720. The molecule has 3 aliphatic heterocycles. The van der Waals surface area contributed by atoms with Gasteiger partial charge in [-0.25, -0.2) is 0 Å². The summed E-state index contributed by atoms with van der Waals surface area (Å²) in [6.45, 7) is 17.0. The van der Waals surface area contributed by atoms with Gasteiger partial charge >= 0.3 is 0 Å². The quantitative estimate of drug-likeness (QED) is 0.224. The molecule has 1 aromatic carbocycles. The predicted octanol–water partition coefficient (Wildman–Crippen LogP) is 2.18. The van der Waals surface area contributed by atoms with Crippen LogP contribution in [0.15, 0.2) is 35.3 Å². The van der Waals surface area contributed by atoms with Gasteiger partial charge in [-0.1, -0.05) is 30.3 Å². The number of ether oxygens (including phenoxy) is 1. The number of guanidine groups is 1. The van der Waals surface area contributed by atoms with Crippen molar-refractivity contribution in [2.24, 2.45) is 4.99 Å². The molecule has 0 aromatic heterocycles. The molecule has 3 aliphatic rings. The number of nitrogens with one attached hydrogen (secondary N) is 1. The third kappa shape index (κ3) is 8.35. The van der Waals surface area contributed by atoms with E-state index in [4.69, 9.17) is 9.73 Å². The Hall–Kier alpha value is -0.940. The molecule has 1 unspecified atom stereocenters. The zero-order valence-corrected chi connectivity index (χ0v) is 22.7. The second-order valence-corrected chi connectivity index (χ2v) is 9.23. The maximum atomic E-state index is 5.52. The van der Waals surface area contributed by atoms with Crippen molar-refractivity contribution in [2.45, 2.75) is 32.4 Å². The smallest absolute Gasteiger partial charge is 0.193 e. The van der Waals surface area contributed by atoms with Gasteiger partial charge in [0.2, 0.25) is 0 Å². The summed E-state index contributed by atoms with van der Waals surface area (Å²) in [4.78, 5) is 15.2. The van der Waals surface area contributed by atoms with Gasteiger partial charge in [0.1, 0.15) is 0 Å². The lowest BCUT2D eigenvalue weighted by Crippen LogP contribution is -2.47. The van der Waals surface area contributed by atoms with E-state index < -0.39 is 0 Å². The molecular weight excluding hydrogens is 527 g/mol. The molecule has 3 fully saturated rings. The van der Waals surface area contributed by atoms with Crippen LogP contribution in [0.1, 0.15) is 25.3 Å². The first-order valence-electron chi connectivity index (χ1n) is 12.7. The molecule has 7 nitrogen and oxygen atoms in total. The Morgan fingerprint density at radius 1 is 1.00 bits per heavy atom. The van der Waals surface area contributed by atoms with Crippen molar-refractivity contribution in [1.29, 1.82) is 0 Å². The molecule has 3 heterocycles. The van der Waals surface area contributed by atoms with Crippen LogP contribution in [0.5, 0.6) is 0 Å². The number of hydrogen-bond donors (Lipinski definition) is 1. The van der Waals surface area contributed by atoms with E-state index in [2.05, 4.69) is 62.2 Å². The first-order chi connectivity index (χ1) is 15.8. The van der Waals surface area contributed by atoms with E-state index in [0.717, 1.165) is 91.0 Å². The Kier molecular flexibility index (Phi) is 11.7. The van der Waals surface area contributed by atoms with Gasteiger partial charge in [0, 0.05) is 84.6 Å². The summed E-state index contributed by atoms with van der Waals surface area (Å²) in [6, 6.07) is 11.5. The summed E-state index contributed by atoms with van der Waals surface area (Å²) in [5.74, 6) is 1.11. The summed E-state index contributed by atoms with van der Waals surface area (Å²) in [5.41, 5.74) is 1.42. The van der Waals surface area contributed by atoms with Crippen LogP contribution in [0.2, 0.25) is 0 Å². The largest absolute Gasteiger partial charge is 0.379 e. The predicted molar refractivity (Wildman–Crippen MR) is 147 cm³/mol. The normalized spacial score (nSPS) is 23.5. The Morgan fingerprint density at radius 3 is 2.45 bits per heavy atom. The Bertz CT molecular complexity index is 691. The molecule has 1 N–H and O–H groups in total. The second-order valence-electron chi connectivity index (χ2n) is 9.23. The molecule has 186 valence electrons. The van der Waals surface area contributed by atoms with Crippen LogP contribution in [0.25, 0.3) is 0 Å². The highest BCUT2D eigenvalue weighted by Crippen LogP contribution is 2.17. The summed E-state index contributed by atoms with van der Waals surface area (Å²) in [7, 11) is 0. The maximum Gasteiger partial charge on any atom is 0.193 e. The van der Waals surface area contributed by atoms with Crippen LogP contribution in [-0.4, -0.2) is 117 Å². The number of piperazine rings is 1. The van der Waals surface area contributed by atoms with E-state index in [-0.39, 0.29) is 24.0 Å². The minimum atomic E-state index is 0. The molecular formula is C25H43IN6O. The van der Waals surface area contributed by atoms with Crippen LogP contribution in [0, 0.1) is 0 Å². The number of aliphatic imine (C=N–C) groups is 1. The lowest BCUT2D eigenvalue weighted by atomic mass is 10.2. The van der Waals surface area contributed by atoms with Gasteiger partial charge in [0.25, 0.3) is 0 Å². The van der Waals surface area contributed by atoms with Crippen molar-refractivity contribution in [3.05, 3.63) is 35.9 Å². The number of morpholine rings is 1. The van der Waals surface area contributed by atoms with E-state index in [9.17, 15) is 0 Å². The Labute approximate surface area is 217 Å². The lowest BCUT2D eigenvalue weighted by Gasteiger charge is -2.34. The number of rotatable bonds is 8. The second kappa shape index (κ2) is 14.5. The average molecular weight is 571 g/mol. The molecule has 8 heteroatoms. The van der Waals surface area contributed by atoms with Gasteiger partial charge in [-0.05, 0) is 25.3 Å². The van der Waals surface area contributed by atoms with Crippen LogP contribution in [0.3, 0.4) is 0 Å². The van der Waals surface area contributed by atoms with E-state index >= 15 is 0 Å². The molecule has 0 aliphatic carbocycles. The van der Waals surface area contributed by atoms with E-state index in [1.54, 1.807) is 0 Å². The Balaban J connectivity index is 0.00000306. The number of likely N-dealkylation sites (tertiary alicyclic amines) is 1. The van der Waals surface area contributed by atoms with E-state index in [1.807, 2.05) is 0 Å². The molecule has 1 aromatic rings. The third-order valence-corrected chi connectivity index (χ3v) is 6.97. The average Bonchev–Trinajstić information content (AvgIpc) is 3.34. The number of benzene rings is 1. The molecule has 0 radical (unpaired) electrons. The molecule has 0 amide bonds. The van der Waals surface area contributed by atoms with Crippen molar-refractivity contribution in [3.63, 3.8) is 0 Å². The minimum absolute atomic E-state index is 0. The SMILES string of the molecule is CCNC(=NCCCN1CCN(Cc2ccccc2)CC1)N1CCC(N2CCOCC2)C1.I. The molecule has 3 saturated heterocycles. The summed E-state index contributed by atoms with van der Waals surface area (Å²) in [6.07, 6.45) is 2.37. The van der Waals surface area contributed by atoms with Crippen molar-refractivity contribution in [2.75, 3.05) is 85.2 Å². The van der Waals surface area contributed by atoms with Crippen LogP contribution in [-0.2, 0) is 11.3 Å². The molecule has 0 bridgehead atoms. The van der Waals surface area contributed by atoms with Gasteiger partial charge < -0.3 is 19.9 Å². The minimum Gasteiger partial charge on any atom is -0.379 e. The van der Waals surface area contributed by atoms with Gasteiger partial charge in [0.05, 0.1) is 13.2 Å². The zero-order chi connectivity index (χ0) is 22.0. The topological polar surface area (TPSA) is 46.6 Å². The molecule has 0 saturated carbocycles. The number of hydrogen-bond acceptors (Lipinski definition) is 5. The van der Waals surface area contributed by atoms with Crippen LogP contribution in [0.4, 0.5) is 0 Å². The summed E-state index contributed by atoms with van der Waals surface area (Å²) in [5, 5.41) is 3.53. The number of nitrogens with zero attached hydrogens (tertiary/aromatic N) is 5. The zero-order valence-electron chi connectivity index (χ0n) is 20.3. The molecule has 33 heavy (non-hydrogen) atoms. The molecule has 1 atom stereocenters. The molecule has 0 spiro atoms. The van der Waals surface area contributed by atoms with Crippen molar-refractivity contribution < 1.29 is 4.74 Å². The lowest BCUT2D eigenvalue weighted by molar-refractivity contribution is 0.0195. The highest BCUT2D eigenvalue weighted by atomic mass is 127. The van der Waals surface area contributed by atoms with Crippen molar-refractivity contribution in [1.82, 2.24) is 24.9 Å². The highest BCUT2D eigenvalue weighted by Gasteiger charge is 2.30. The highest BCUT2D eigenvalue weighted by molar-refractivity contribution is 14.0. The Morgan fingerprint density at radius 2 is 1.73 bits per heavy atom. The molecule has 4 rings (SSSR count). The monoisotopic (exact) mass is 570 g/mol. The van der Waals surface area contributed by atoms with Crippen LogP contribution < -0.4 is 5.32 Å². The van der Waals surface area contributed by atoms with Crippen LogP contribution >= 0.6 is 24.0 Å². The summed E-state index contributed by atoms with van der Waals surface area (Å²) >= 11 is 0. The standard InChI is InChI=1S/C25H42N6O.HI/c1-2-26-25(31-12-9-24(22-31)30-17-19-32-20-18-30)27-10-6-11-28-13-15-29(16-14-28)21-23-7-4-3-5-8-23;/h3-5,7-8,24H,2,6,9-22H2,1H3,(H,26,27);1H. The van der Waals surface area contributed by atoms with Gasteiger partial charge in [-0.3, -0.25) is 14.8 Å². The third-order valence-electron chi connectivity index (χ3n) is 6.97. The van der Waals surface area contributed by atoms with Crippen molar-refractivity contribution >= 4 is 29.9 Å². The van der Waals surface area contributed by atoms with E-state index in [1.165, 1.54) is 25.1 Å². The fourth-order valence-electron chi connectivity index (χ4n) is 5.09. The number of halogens is 1. The van der Waals surface area contributed by atoms with Gasteiger partial charge in [-0.2, -0.15) is 0 Å². The van der Waals surface area contributed by atoms with Crippen molar-refractivity contribution in [3.8, 4) is 0 Å².